The summed E-state index contributed by atoms with van der Waals surface area (Å²) in [6, 6.07) is 4.40. The first kappa shape index (κ1) is 11.8. The number of benzene rings is 1. The van der Waals surface area contributed by atoms with Crippen LogP contribution in [0, 0.1) is 12.7 Å². The number of nitrogens with zero attached hydrogens (tertiary/aromatic N) is 2. The van der Waals surface area contributed by atoms with Crippen LogP contribution in [-0.2, 0) is 0 Å². The second kappa shape index (κ2) is 4.30. The predicted octanol–water partition coefficient (Wildman–Crippen LogP) is 3.18. The van der Waals surface area contributed by atoms with Gasteiger partial charge < -0.3 is 0 Å². The van der Waals surface area contributed by atoms with Gasteiger partial charge in [0.2, 0.25) is 0 Å². The molecule has 0 spiro atoms. The molecular weight excluding hydrogens is 243 g/mol. The van der Waals surface area contributed by atoms with E-state index in [1.54, 1.807) is 13.0 Å². The summed E-state index contributed by atoms with van der Waals surface area (Å²) in [6.07, 6.45) is 1.42. The van der Waals surface area contributed by atoms with Crippen molar-refractivity contribution in [3.63, 3.8) is 0 Å². The van der Waals surface area contributed by atoms with Crippen molar-refractivity contribution in [3.8, 4) is 5.69 Å². The number of ketones is 1. The van der Waals surface area contributed by atoms with Crippen molar-refractivity contribution in [2.24, 2.45) is 0 Å². The average Bonchev–Trinajstić information content (AvgIpc) is 2.61. The van der Waals surface area contributed by atoms with E-state index in [1.165, 1.54) is 29.9 Å². The predicted molar refractivity (Wildman–Crippen MR) is 63.3 cm³/mol. The summed E-state index contributed by atoms with van der Waals surface area (Å²) in [6.45, 7) is 3.14. The first-order chi connectivity index (χ1) is 8.02. The second-order valence-electron chi connectivity index (χ2n) is 3.68. The van der Waals surface area contributed by atoms with Crippen LogP contribution in [0.4, 0.5) is 4.39 Å². The van der Waals surface area contributed by atoms with E-state index in [1.807, 2.05) is 0 Å². The number of rotatable bonds is 2. The Morgan fingerprint density at radius 1 is 1.47 bits per heavy atom. The van der Waals surface area contributed by atoms with E-state index in [-0.39, 0.29) is 16.5 Å². The molecule has 0 radical (unpaired) electrons. The zero-order valence-electron chi connectivity index (χ0n) is 9.37. The van der Waals surface area contributed by atoms with Gasteiger partial charge in [0.25, 0.3) is 0 Å². The number of carbonyl (C=O) groups excluding carboxylic acids is 1. The molecule has 0 unspecified atom stereocenters. The Hall–Kier alpha value is -1.68. The highest BCUT2D eigenvalue weighted by Gasteiger charge is 2.16. The number of para-hydroxylation sites is 1. The minimum absolute atomic E-state index is 0.110. The third kappa shape index (κ3) is 1.96. The monoisotopic (exact) mass is 252 g/mol. The van der Waals surface area contributed by atoms with Gasteiger partial charge in [0.1, 0.15) is 11.5 Å². The van der Waals surface area contributed by atoms with Crippen molar-refractivity contribution < 1.29 is 9.18 Å². The van der Waals surface area contributed by atoms with E-state index in [2.05, 4.69) is 5.10 Å². The molecule has 0 saturated heterocycles. The van der Waals surface area contributed by atoms with E-state index >= 15 is 0 Å². The lowest BCUT2D eigenvalue weighted by Crippen LogP contribution is -2.04. The van der Waals surface area contributed by atoms with E-state index in [0.717, 1.165) is 0 Å². The zero-order chi connectivity index (χ0) is 12.6. The molecule has 0 aliphatic rings. The Kier molecular flexibility index (Phi) is 2.98. The third-order valence-corrected chi connectivity index (χ3v) is 2.84. The van der Waals surface area contributed by atoms with Crippen LogP contribution >= 0.6 is 11.6 Å². The normalized spacial score (nSPS) is 10.6. The summed E-state index contributed by atoms with van der Waals surface area (Å²) in [5, 5.41) is 4.26. The minimum atomic E-state index is -0.473. The minimum Gasteiger partial charge on any atom is -0.294 e. The first-order valence-corrected chi connectivity index (χ1v) is 5.40. The highest BCUT2D eigenvalue weighted by Crippen LogP contribution is 2.25. The standard InChI is InChI=1S/C12H10ClFN2O/c1-7-9(8(2)17)6-15-16(7)12-10(13)4-3-5-11(12)14/h3-6H,1-2H3. The molecule has 3 nitrogen and oxygen atoms in total. The molecule has 2 aromatic rings. The molecule has 0 atom stereocenters. The molecule has 0 amide bonds. The van der Waals surface area contributed by atoms with Crippen LogP contribution in [0.5, 0.6) is 0 Å². The number of carbonyl (C=O) groups is 1. The molecule has 2 rings (SSSR count). The summed E-state index contributed by atoms with van der Waals surface area (Å²) in [7, 11) is 0. The van der Waals surface area contributed by atoms with Gasteiger partial charge in [0.05, 0.1) is 22.5 Å². The number of hydrogen-bond donors (Lipinski definition) is 0. The maximum atomic E-state index is 13.7. The molecule has 1 heterocycles. The molecular formula is C12H10ClFN2O. The van der Waals surface area contributed by atoms with Crippen LogP contribution in [-0.4, -0.2) is 15.6 Å². The summed E-state index contributed by atoms with van der Waals surface area (Å²) in [5.74, 6) is -0.583. The first-order valence-electron chi connectivity index (χ1n) is 5.02. The van der Waals surface area contributed by atoms with Gasteiger partial charge in [-0.25, -0.2) is 9.07 Å². The fraction of sp³-hybridized carbons (Fsp3) is 0.167. The smallest absolute Gasteiger partial charge is 0.163 e. The van der Waals surface area contributed by atoms with Crippen molar-refractivity contribution in [2.75, 3.05) is 0 Å². The van der Waals surface area contributed by atoms with Crippen LogP contribution in [0.2, 0.25) is 5.02 Å². The van der Waals surface area contributed by atoms with E-state index in [0.29, 0.717) is 11.3 Å². The van der Waals surface area contributed by atoms with Crippen molar-refractivity contribution >= 4 is 17.4 Å². The van der Waals surface area contributed by atoms with Gasteiger partial charge in [-0.15, -0.1) is 0 Å². The number of aromatic nitrogens is 2. The quantitative estimate of drug-likeness (QED) is 0.770. The van der Waals surface area contributed by atoms with Crippen LogP contribution in [0.1, 0.15) is 23.0 Å². The maximum absolute atomic E-state index is 13.7. The van der Waals surface area contributed by atoms with Gasteiger partial charge in [-0.05, 0) is 26.0 Å². The van der Waals surface area contributed by atoms with Crippen LogP contribution in [0.25, 0.3) is 5.69 Å². The fourth-order valence-electron chi connectivity index (χ4n) is 1.67. The maximum Gasteiger partial charge on any atom is 0.163 e. The molecule has 17 heavy (non-hydrogen) atoms. The number of Topliss-reactive ketones (excluding diaryl/α,β-unsaturated/α-hetero) is 1. The zero-order valence-corrected chi connectivity index (χ0v) is 10.1. The molecule has 0 bridgehead atoms. The van der Waals surface area contributed by atoms with E-state index in [4.69, 9.17) is 11.6 Å². The largest absolute Gasteiger partial charge is 0.294 e. The van der Waals surface area contributed by atoms with Gasteiger partial charge in [-0.1, -0.05) is 17.7 Å². The summed E-state index contributed by atoms with van der Waals surface area (Å²) < 4.78 is 15.0. The van der Waals surface area contributed by atoms with E-state index in [9.17, 15) is 9.18 Å². The lowest BCUT2D eigenvalue weighted by Gasteiger charge is -2.08. The molecule has 0 N–H and O–H groups in total. The molecule has 0 aliphatic heterocycles. The Morgan fingerprint density at radius 3 is 2.71 bits per heavy atom. The summed E-state index contributed by atoms with van der Waals surface area (Å²) in [5.41, 5.74) is 1.20. The molecule has 1 aromatic heterocycles. The van der Waals surface area contributed by atoms with Crippen molar-refractivity contribution in [2.45, 2.75) is 13.8 Å². The lowest BCUT2D eigenvalue weighted by molar-refractivity contribution is 0.101. The number of halogens is 2. The third-order valence-electron chi connectivity index (χ3n) is 2.54. The van der Waals surface area contributed by atoms with Crippen molar-refractivity contribution in [3.05, 3.63) is 46.5 Å². The van der Waals surface area contributed by atoms with Gasteiger partial charge in [-0.3, -0.25) is 4.79 Å². The van der Waals surface area contributed by atoms with E-state index < -0.39 is 5.82 Å². The molecule has 0 saturated carbocycles. The Bertz CT molecular complexity index is 572. The molecule has 5 heteroatoms. The molecule has 0 fully saturated rings. The van der Waals surface area contributed by atoms with Crippen molar-refractivity contribution in [1.29, 1.82) is 0 Å². The Balaban J connectivity index is 2.66. The van der Waals surface area contributed by atoms with Gasteiger partial charge in [0.15, 0.2) is 5.78 Å². The van der Waals surface area contributed by atoms with Crippen LogP contribution < -0.4 is 0 Å². The highest BCUT2D eigenvalue weighted by atomic mass is 35.5. The van der Waals surface area contributed by atoms with Gasteiger partial charge in [0, 0.05) is 0 Å². The lowest BCUT2D eigenvalue weighted by atomic mass is 10.2. The number of hydrogen-bond acceptors (Lipinski definition) is 2. The Morgan fingerprint density at radius 2 is 2.18 bits per heavy atom. The highest BCUT2D eigenvalue weighted by molar-refractivity contribution is 6.32. The summed E-state index contributed by atoms with van der Waals surface area (Å²) in [4.78, 5) is 11.3. The van der Waals surface area contributed by atoms with Gasteiger partial charge >= 0.3 is 0 Å². The topological polar surface area (TPSA) is 34.9 Å². The average molecular weight is 253 g/mol. The summed E-state index contributed by atoms with van der Waals surface area (Å²) >= 11 is 5.94. The van der Waals surface area contributed by atoms with Gasteiger partial charge in [-0.2, -0.15) is 5.10 Å². The molecule has 1 aromatic carbocycles. The van der Waals surface area contributed by atoms with Crippen LogP contribution in [0.3, 0.4) is 0 Å². The fourth-order valence-corrected chi connectivity index (χ4v) is 1.92. The SMILES string of the molecule is CC(=O)c1cnn(-c2c(F)cccc2Cl)c1C. The Labute approximate surface area is 103 Å². The van der Waals surface area contributed by atoms with Crippen molar-refractivity contribution in [1.82, 2.24) is 9.78 Å². The molecule has 88 valence electrons. The second-order valence-corrected chi connectivity index (χ2v) is 4.09. The molecule has 0 aliphatic carbocycles. The van der Waals surface area contributed by atoms with Crippen LogP contribution in [0.15, 0.2) is 24.4 Å².